The maximum Gasteiger partial charge on any atom is 0.497 e. The molecule has 108 valence electrons. The Morgan fingerprint density at radius 3 is 2.30 bits per heavy atom. The molecule has 0 unspecified atom stereocenters. The first-order valence-electron chi connectivity index (χ1n) is 6.55. The average molecular weight is 279 g/mol. The first-order valence-corrected chi connectivity index (χ1v) is 6.55. The molecule has 1 aliphatic heterocycles. The molecular formula is C14H19BFNO3. The number of hydrogen-bond donors (Lipinski definition) is 1. The Morgan fingerprint density at radius 2 is 1.80 bits per heavy atom. The number of halogens is 1. The van der Waals surface area contributed by atoms with E-state index in [4.69, 9.17) is 15.0 Å². The molecule has 1 fully saturated rings. The minimum atomic E-state index is -0.784. The van der Waals surface area contributed by atoms with Crippen LogP contribution in [0.1, 0.15) is 33.3 Å². The fourth-order valence-electron chi connectivity index (χ4n) is 2.06. The smallest absolute Gasteiger partial charge is 0.399 e. The van der Waals surface area contributed by atoms with Gasteiger partial charge in [0.1, 0.15) is 5.82 Å². The molecule has 0 bridgehead atoms. The van der Waals surface area contributed by atoms with Gasteiger partial charge in [-0.3, -0.25) is 4.79 Å². The molecule has 1 heterocycles. The van der Waals surface area contributed by atoms with Gasteiger partial charge in [0.05, 0.1) is 17.6 Å². The standard InChI is InChI=1S/C14H19BFNO3/c1-13(2)14(3,4)20-15(19-13)10-7-9(8-12(17)18)5-6-11(10)16/h5-7H,8H2,1-4H3,(H2,17,18). The van der Waals surface area contributed by atoms with Gasteiger partial charge >= 0.3 is 7.12 Å². The second-order valence-electron chi connectivity index (χ2n) is 6.09. The first-order chi connectivity index (χ1) is 9.12. The molecule has 2 N–H and O–H groups in total. The molecule has 0 atom stereocenters. The summed E-state index contributed by atoms with van der Waals surface area (Å²) in [7, 11) is -0.784. The molecule has 0 radical (unpaired) electrons. The van der Waals surface area contributed by atoms with Crippen molar-refractivity contribution < 1.29 is 18.5 Å². The Hall–Kier alpha value is -1.40. The van der Waals surface area contributed by atoms with Crippen LogP contribution in [0.5, 0.6) is 0 Å². The van der Waals surface area contributed by atoms with Crippen LogP contribution in [0.25, 0.3) is 0 Å². The lowest BCUT2D eigenvalue weighted by atomic mass is 9.77. The minimum Gasteiger partial charge on any atom is -0.399 e. The molecule has 1 aliphatic rings. The van der Waals surface area contributed by atoms with Crippen LogP contribution in [0.2, 0.25) is 0 Å². The highest BCUT2D eigenvalue weighted by Gasteiger charge is 2.52. The topological polar surface area (TPSA) is 61.5 Å². The molecule has 0 aliphatic carbocycles. The van der Waals surface area contributed by atoms with Gasteiger partial charge in [0.25, 0.3) is 0 Å². The third-order valence-electron chi connectivity index (χ3n) is 3.95. The maximum atomic E-state index is 14.0. The molecule has 20 heavy (non-hydrogen) atoms. The van der Waals surface area contributed by atoms with Crippen LogP contribution in [0.15, 0.2) is 18.2 Å². The molecule has 0 saturated carbocycles. The molecule has 4 nitrogen and oxygen atoms in total. The quantitative estimate of drug-likeness (QED) is 0.844. The fourth-order valence-corrected chi connectivity index (χ4v) is 2.06. The van der Waals surface area contributed by atoms with Crippen molar-refractivity contribution >= 4 is 18.5 Å². The van der Waals surface area contributed by atoms with Gasteiger partial charge in [0, 0.05) is 5.46 Å². The highest BCUT2D eigenvalue weighted by atomic mass is 19.1. The third-order valence-corrected chi connectivity index (χ3v) is 3.95. The van der Waals surface area contributed by atoms with Crippen LogP contribution in [0.3, 0.4) is 0 Å². The lowest BCUT2D eigenvalue weighted by Crippen LogP contribution is -2.41. The van der Waals surface area contributed by atoms with Crippen LogP contribution in [-0.2, 0) is 20.5 Å². The highest BCUT2D eigenvalue weighted by Crippen LogP contribution is 2.36. The fraction of sp³-hybridized carbons (Fsp3) is 0.500. The molecule has 2 rings (SSSR count). The summed E-state index contributed by atoms with van der Waals surface area (Å²) in [6.07, 6.45) is 0.0623. The summed E-state index contributed by atoms with van der Waals surface area (Å²) in [6, 6.07) is 4.41. The van der Waals surface area contributed by atoms with Crippen molar-refractivity contribution in [3.63, 3.8) is 0 Å². The second-order valence-corrected chi connectivity index (χ2v) is 6.09. The van der Waals surface area contributed by atoms with E-state index < -0.39 is 30.0 Å². The minimum absolute atomic E-state index is 0.0623. The van der Waals surface area contributed by atoms with Crippen LogP contribution >= 0.6 is 0 Å². The van der Waals surface area contributed by atoms with E-state index in [1.54, 1.807) is 6.07 Å². The van der Waals surface area contributed by atoms with E-state index in [2.05, 4.69) is 0 Å². The summed E-state index contributed by atoms with van der Waals surface area (Å²) < 4.78 is 25.6. The van der Waals surface area contributed by atoms with Crippen molar-refractivity contribution in [3.05, 3.63) is 29.6 Å². The largest absolute Gasteiger partial charge is 0.497 e. The summed E-state index contributed by atoms with van der Waals surface area (Å²) in [5, 5.41) is 0. The van der Waals surface area contributed by atoms with Crippen molar-refractivity contribution in [3.8, 4) is 0 Å². The number of rotatable bonds is 3. The van der Waals surface area contributed by atoms with E-state index in [0.29, 0.717) is 11.0 Å². The first kappa shape index (κ1) is 15.0. The molecular weight excluding hydrogens is 260 g/mol. The van der Waals surface area contributed by atoms with Gasteiger partial charge in [-0.25, -0.2) is 4.39 Å². The molecule has 0 spiro atoms. The van der Waals surface area contributed by atoms with Gasteiger partial charge in [0.15, 0.2) is 0 Å². The van der Waals surface area contributed by atoms with E-state index in [0.717, 1.165) is 0 Å². The number of benzene rings is 1. The Balaban J connectivity index is 2.32. The lowest BCUT2D eigenvalue weighted by Gasteiger charge is -2.32. The monoisotopic (exact) mass is 279 g/mol. The van der Waals surface area contributed by atoms with E-state index in [9.17, 15) is 9.18 Å². The van der Waals surface area contributed by atoms with Gasteiger partial charge < -0.3 is 15.0 Å². The lowest BCUT2D eigenvalue weighted by molar-refractivity contribution is -0.117. The molecule has 1 aromatic carbocycles. The highest BCUT2D eigenvalue weighted by molar-refractivity contribution is 6.62. The predicted octanol–water partition coefficient (Wildman–Crippen LogP) is 1.15. The maximum absolute atomic E-state index is 14.0. The van der Waals surface area contributed by atoms with E-state index in [-0.39, 0.29) is 6.42 Å². The zero-order chi connectivity index (χ0) is 15.1. The molecule has 6 heteroatoms. The van der Waals surface area contributed by atoms with Gasteiger partial charge in [-0.15, -0.1) is 0 Å². The molecule has 1 aromatic rings. The zero-order valence-corrected chi connectivity index (χ0v) is 12.2. The van der Waals surface area contributed by atoms with Crippen molar-refractivity contribution in [2.75, 3.05) is 0 Å². The van der Waals surface area contributed by atoms with Gasteiger partial charge in [-0.05, 0) is 39.3 Å². The molecule has 1 amide bonds. The Bertz CT molecular complexity index is 529. The Morgan fingerprint density at radius 1 is 1.25 bits per heavy atom. The van der Waals surface area contributed by atoms with E-state index >= 15 is 0 Å². The van der Waals surface area contributed by atoms with Crippen LogP contribution < -0.4 is 11.2 Å². The number of primary amides is 1. The van der Waals surface area contributed by atoms with Crippen LogP contribution in [0.4, 0.5) is 4.39 Å². The number of hydrogen-bond acceptors (Lipinski definition) is 3. The summed E-state index contributed by atoms with van der Waals surface area (Å²) in [5.74, 6) is -0.881. The van der Waals surface area contributed by atoms with Gasteiger partial charge in [-0.2, -0.15) is 0 Å². The van der Waals surface area contributed by atoms with Crippen molar-refractivity contribution in [1.29, 1.82) is 0 Å². The third kappa shape index (κ3) is 2.71. The summed E-state index contributed by atoms with van der Waals surface area (Å²) in [5.41, 5.74) is 5.02. The number of carbonyl (C=O) groups is 1. The molecule has 0 aromatic heterocycles. The van der Waals surface area contributed by atoms with Crippen LogP contribution in [0, 0.1) is 5.82 Å². The van der Waals surface area contributed by atoms with Crippen molar-refractivity contribution in [1.82, 2.24) is 0 Å². The van der Waals surface area contributed by atoms with Crippen molar-refractivity contribution in [2.45, 2.75) is 45.3 Å². The van der Waals surface area contributed by atoms with Gasteiger partial charge in [0.2, 0.25) is 5.91 Å². The summed E-state index contributed by atoms with van der Waals surface area (Å²) in [6.45, 7) is 7.60. The number of amides is 1. The number of nitrogens with two attached hydrogens (primary N) is 1. The van der Waals surface area contributed by atoms with E-state index in [1.165, 1.54) is 12.1 Å². The predicted molar refractivity (Wildman–Crippen MR) is 75.0 cm³/mol. The molecule has 1 saturated heterocycles. The summed E-state index contributed by atoms with van der Waals surface area (Å²) in [4.78, 5) is 11.0. The zero-order valence-electron chi connectivity index (χ0n) is 12.2. The SMILES string of the molecule is CC1(C)OB(c2cc(CC(N)=O)ccc2F)OC1(C)C. The second kappa shape index (κ2) is 4.86. The average Bonchev–Trinajstić information content (AvgIpc) is 2.50. The summed E-state index contributed by atoms with van der Waals surface area (Å²) >= 11 is 0. The Labute approximate surface area is 118 Å². The van der Waals surface area contributed by atoms with Gasteiger partial charge in [-0.1, -0.05) is 12.1 Å². The number of carbonyl (C=O) groups excluding carboxylic acids is 1. The normalized spacial score (nSPS) is 20.1. The van der Waals surface area contributed by atoms with Crippen LogP contribution in [-0.4, -0.2) is 24.2 Å². The Kier molecular flexibility index (Phi) is 3.65. The van der Waals surface area contributed by atoms with E-state index in [1.807, 2.05) is 27.7 Å². The van der Waals surface area contributed by atoms with Crippen molar-refractivity contribution in [2.24, 2.45) is 5.73 Å².